The third-order valence-electron chi connectivity index (χ3n) is 1.84. The monoisotopic (exact) mass is 202 g/mol. The lowest BCUT2D eigenvalue weighted by Gasteiger charge is -2.17. The molecule has 0 aliphatic heterocycles. The maximum absolute atomic E-state index is 12.7. The molecule has 0 saturated carbocycles. The van der Waals surface area contributed by atoms with E-state index in [2.05, 4.69) is 0 Å². The highest BCUT2D eigenvalue weighted by molar-refractivity contribution is 5.24. The minimum absolute atomic E-state index is 0.0795. The van der Waals surface area contributed by atoms with Crippen molar-refractivity contribution in [2.45, 2.75) is 26.1 Å². The van der Waals surface area contributed by atoms with E-state index in [4.69, 9.17) is 9.84 Å². The topological polar surface area (TPSA) is 29.5 Å². The Labute approximate surface area is 81.1 Å². The second-order valence-electron chi connectivity index (χ2n) is 3.17. The zero-order chi connectivity index (χ0) is 10.7. The van der Waals surface area contributed by atoms with Gasteiger partial charge in [-0.25, -0.2) is 8.78 Å². The number of rotatable bonds is 3. The second-order valence-corrected chi connectivity index (χ2v) is 3.17. The lowest BCUT2D eigenvalue weighted by atomic mass is 10.2. The van der Waals surface area contributed by atoms with Crippen LogP contribution in [0, 0.1) is 11.6 Å². The van der Waals surface area contributed by atoms with Crippen molar-refractivity contribution >= 4 is 0 Å². The fourth-order valence-corrected chi connectivity index (χ4v) is 0.910. The van der Waals surface area contributed by atoms with Crippen molar-refractivity contribution in [2.75, 3.05) is 0 Å². The Kier molecular flexibility index (Phi) is 3.41. The van der Waals surface area contributed by atoms with E-state index < -0.39 is 23.8 Å². The predicted molar refractivity (Wildman–Crippen MR) is 48.1 cm³/mol. The van der Waals surface area contributed by atoms with Crippen LogP contribution >= 0.6 is 0 Å². The van der Waals surface area contributed by atoms with Crippen LogP contribution in [0.2, 0.25) is 0 Å². The first-order valence-corrected chi connectivity index (χ1v) is 4.30. The molecule has 0 aliphatic carbocycles. The molecule has 1 rings (SSSR count). The summed E-state index contributed by atoms with van der Waals surface area (Å²) in [6, 6.07) is 2.91. The minimum Gasteiger partial charge on any atom is -0.488 e. The molecule has 1 aromatic carbocycles. The van der Waals surface area contributed by atoms with Crippen LogP contribution in [-0.2, 0) is 0 Å². The van der Waals surface area contributed by atoms with E-state index in [1.54, 1.807) is 13.8 Å². The Hall–Kier alpha value is -1.16. The Morgan fingerprint density at radius 2 is 1.64 bits per heavy atom. The van der Waals surface area contributed by atoms with Crippen molar-refractivity contribution in [1.82, 2.24) is 0 Å². The quantitative estimate of drug-likeness (QED) is 0.813. The van der Waals surface area contributed by atoms with Gasteiger partial charge in [0.1, 0.15) is 23.5 Å². The van der Waals surface area contributed by atoms with E-state index in [9.17, 15) is 8.78 Å². The molecule has 78 valence electrons. The maximum Gasteiger partial charge on any atom is 0.129 e. The van der Waals surface area contributed by atoms with E-state index in [0.717, 1.165) is 18.2 Å². The molecule has 4 heteroatoms. The molecule has 14 heavy (non-hydrogen) atoms. The first-order chi connectivity index (χ1) is 6.49. The standard InChI is InChI=1S/C10H12F2O2/c1-6(13)7(2)14-10-4-8(11)3-9(12)5-10/h3-7,13H,1-2H3/t6-,7?/m1/s1. The van der Waals surface area contributed by atoms with Crippen LogP contribution in [0.3, 0.4) is 0 Å². The van der Waals surface area contributed by atoms with Gasteiger partial charge in [-0.05, 0) is 13.8 Å². The third-order valence-corrected chi connectivity index (χ3v) is 1.84. The summed E-state index contributed by atoms with van der Waals surface area (Å²) in [5.74, 6) is -1.31. The Morgan fingerprint density at radius 3 is 2.07 bits per heavy atom. The van der Waals surface area contributed by atoms with Gasteiger partial charge in [-0.15, -0.1) is 0 Å². The zero-order valence-electron chi connectivity index (χ0n) is 8.00. The molecule has 0 radical (unpaired) electrons. The summed E-state index contributed by atoms with van der Waals surface area (Å²) in [6.45, 7) is 3.16. The zero-order valence-corrected chi connectivity index (χ0v) is 8.00. The fourth-order valence-electron chi connectivity index (χ4n) is 0.910. The molecule has 0 heterocycles. The fraction of sp³-hybridized carbons (Fsp3) is 0.400. The highest BCUT2D eigenvalue weighted by atomic mass is 19.1. The molecule has 1 unspecified atom stereocenters. The van der Waals surface area contributed by atoms with Gasteiger partial charge in [0.2, 0.25) is 0 Å². The van der Waals surface area contributed by atoms with Gasteiger partial charge in [0.05, 0.1) is 6.10 Å². The molecular formula is C10H12F2O2. The number of hydrogen-bond acceptors (Lipinski definition) is 2. The molecular weight excluding hydrogens is 190 g/mol. The average Bonchev–Trinajstić information content (AvgIpc) is 2.01. The van der Waals surface area contributed by atoms with Crippen LogP contribution in [0.25, 0.3) is 0 Å². The van der Waals surface area contributed by atoms with Crippen LogP contribution in [0.15, 0.2) is 18.2 Å². The van der Waals surface area contributed by atoms with Crippen LogP contribution in [0.1, 0.15) is 13.8 Å². The largest absolute Gasteiger partial charge is 0.488 e. The molecule has 1 N–H and O–H groups in total. The van der Waals surface area contributed by atoms with Crippen LogP contribution < -0.4 is 4.74 Å². The second kappa shape index (κ2) is 4.37. The summed E-state index contributed by atoms with van der Waals surface area (Å²) in [5.41, 5.74) is 0. The highest BCUT2D eigenvalue weighted by Gasteiger charge is 2.11. The van der Waals surface area contributed by atoms with Gasteiger partial charge in [0, 0.05) is 18.2 Å². The van der Waals surface area contributed by atoms with Gasteiger partial charge < -0.3 is 9.84 Å². The van der Waals surface area contributed by atoms with Crippen molar-refractivity contribution in [3.63, 3.8) is 0 Å². The molecule has 2 nitrogen and oxygen atoms in total. The number of halogens is 2. The smallest absolute Gasteiger partial charge is 0.129 e. The van der Waals surface area contributed by atoms with Crippen molar-refractivity contribution in [3.05, 3.63) is 29.8 Å². The molecule has 0 aromatic heterocycles. The van der Waals surface area contributed by atoms with E-state index >= 15 is 0 Å². The summed E-state index contributed by atoms with van der Waals surface area (Å²) in [7, 11) is 0. The summed E-state index contributed by atoms with van der Waals surface area (Å²) < 4.78 is 30.5. The van der Waals surface area contributed by atoms with Gasteiger partial charge in [0.25, 0.3) is 0 Å². The summed E-state index contributed by atoms with van der Waals surface area (Å²) in [5, 5.41) is 9.11. The number of aliphatic hydroxyl groups is 1. The van der Waals surface area contributed by atoms with Gasteiger partial charge in [0.15, 0.2) is 0 Å². The lowest BCUT2D eigenvalue weighted by molar-refractivity contribution is 0.0600. The number of aliphatic hydroxyl groups excluding tert-OH is 1. The van der Waals surface area contributed by atoms with Gasteiger partial charge >= 0.3 is 0 Å². The molecule has 2 atom stereocenters. The Bertz CT molecular complexity index is 293. The lowest BCUT2D eigenvalue weighted by Crippen LogP contribution is -2.25. The van der Waals surface area contributed by atoms with Gasteiger partial charge in [-0.1, -0.05) is 0 Å². The molecule has 0 spiro atoms. The number of hydrogen-bond donors (Lipinski definition) is 1. The van der Waals surface area contributed by atoms with E-state index in [0.29, 0.717) is 0 Å². The van der Waals surface area contributed by atoms with Crippen molar-refractivity contribution in [2.24, 2.45) is 0 Å². The average molecular weight is 202 g/mol. The van der Waals surface area contributed by atoms with Crippen molar-refractivity contribution in [1.29, 1.82) is 0 Å². The Morgan fingerprint density at radius 1 is 1.14 bits per heavy atom. The molecule has 1 aromatic rings. The first kappa shape index (κ1) is 10.9. The van der Waals surface area contributed by atoms with Crippen LogP contribution in [-0.4, -0.2) is 17.3 Å². The Balaban J connectivity index is 2.76. The first-order valence-electron chi connectivity index (χ1n) is 4.30. The van der Waals surface area contributed by atoms with Crippen LogP contribution in [0.5, 0.6) is 5.75 Å². The molecule has 0 fully saturated rings. The van der Waals surface area contributed by atoms with Crippen molar-refractivity contribution in [3.8, 4) is 5.75 Å². The normalized spacial score (nSPS) is 14.9. The number of benzene rings is 1. The molecule has 0 aliphatic rings. The van der Waals surface area contributed by atoms with E-state index in [1.807, 2.05) is 0 Å². The summed E-state index contributed by atoms with van der Waals surface area (Å²) in [6.07, 6.45) is -1.20. The number of ether oxygens (including phenoxy) is 1. The highest BCUT2D eigenvalue weighted by Crippen LogP contribution is 2.17. The van der Waals surface area contributed by atoms with Gasteiger partial charge in [-0.2, -0.15) is 0 Å². The molecule has 0 saturated heterocycles. The molecule has 0 bridgehead atoms. The molecule has 0 amide bonds. The summed E-state index contributed by atoms with van der Waals surface area (Å²) >= 11 is 0. The van der Waals surface area contributed by atoms with Gasteiger partial charge in [-0.3, -0.25) is 0 Å². The van der Waals surface area contributed by atoms with Crippen LogP contribution in [0.4, 0.5) is 8.78 Å². The SMILES string of the molecule is CC(Oc1cc(F)cc(F)c1)[C@@H](C)O. The maximum atomic E-state index is 12.7. The van der Waals surface area contributed by atoms with Crippen molar-refractivity contribution < 1.29 is 18.6 Å². The predicted octanol–water partition coefficient (Wildman–Crippen LogP) is 2.11. The summed E-state index contributed by atoms with van der Waals surface area (Å²) in [4.78, 5) is 0. The third kappa shape index (κ3) is 2.96. The van der Waals surface area contributed by atoms with E-state index in [1.165, 1.54) is 0 Å². The van der Waals surface area contributed by atoms with E-state index in [-0.39, 0.29) is 5.75 Å². The minimum atomic E-state index is -0.696.